The quantitative estimate of drug-likeness (QED) is 0.718. The fourth-order valence-electron chi connectivity index (χ4n) is 1.84. The summed E-state index contributed by atoms with van der Waals surface area (Å²) in [6.45, 7) is 0. The maximum atomic E-state index is 11.6. The number of thiazole rings is 1. The van der Waals surface area contributed by atoms with E-state index in [4.69, 9.17) is 0 Å². The van der Waals surface area contributed by atoms with Crippen LogP contribution in [0, 0.1) is 0 Å². The average molecular weight is 269 g/mol. The van der Waals surface area contributed by atoms with Crippen LogP contribution < -0.4 is 4.87 Å². The number of hydrogen-bond donors (Lipinski definition) is 0. The molecule has 0 N–H and O–H groups in total. The summed E-state index contributed by atoms with van der Waals surface area (Å²) >= 11 is 1.26. The Labute approximate surface area is 113 Å². The largest absolute Gasteiger partial charge is 0.307 e. The molecule has 2 aromatic heterocycles. The van der Waals surface area contributed by atoms with Crippen LogP contribution in [0.3, 0.4) is 0 Å². The van der Waals surface area contributed by atoms with Crippen molar-refractivity contribution in [3.8, 4) is 0 Å². The van der Waals surface area contributed by atoms with Crippen molar-refractivity contribution < 1.29 is 0 Å². The second kappa shape index (κ2) is 4.78. The SMILES string of the molecule is Cn1c(=O)sc2cc(C=Cc3ccncn3)ccc21. The van der Waals surface area contributed by atoms with Gasteiger partial charge >= 0.3 is 4.87 Å². The van der Waals surface area contributed by atoms with Crippen molar-refractivity contribution in [1.29, 1.82) is 0 Å². The van der Waals surface area contributed by atoms with Gasteiger partial charge in [0.25, 0.3) is 0 Å². The Morgan fingerprint density at radius 1 is 1.26 bits per heavy atom. The predicted molar refractivity (Wildman–Crippen MR) is 78.0 cm³/mol. The third-order valence-electron chi connectivity index (χ3n) is 2.87. The molecule has 19 heavy (non-hydrogen) atoms. The van der Waals surface area contributed by atoms with E-state index < -0.39 is 0 Å². The van der Waals surface area contributed by atoms with Crippen LogP contribution in [0.5, 0.6) is 0 Å². The second-order valence-corrected chi connectivity index (χ2v) is 5.11. The zero-order valence-electron chi connectivity index (χ0n) is 10.3. The zero-order valence-corrected chi connectivity index (χ0v) is 11.1. The third-order valence-corrected chi connectivity index (χ3v) is 3.86. The van der Waals surface area contributed by atoms with Crippen molar-refractivity contribution >= 4 is 33.7 Å². The monoisotopic (exact) mass is 269 g/mol. The number of nitrogens with zero attached hydrogens (tertiary/aromatic N) is 3. The van der Waals surface area contributed by atoms with Crippen LogP contribution in [0.1, 0.15) is 11.3 Å². The van der Waals surface area contributed by atoms with E-state index in [0.29, 0.717) is 0 Å². The normalized spacial score (nSPS) is 11.4. The van der Waals surface area contributed by atoms with Crippen molar-refractivity contribution in [1.82, 2.24) is 14.5 Å². The van der Waals surface area contributed by atoms with E-state index in [1.165, 1.54) is 17.7 Å². The molecule has 0 aliphatic heterocycles. The number of rotatable bonds is 2. The lowest BCUT2D eigenvalue weighted by Crippen LogP contribution is -2.06. The lowest BCUT2D eigenvalue weighted by Gasteiger charge is -1.96. The van der Waals surface area contributed by atoms with Gasteiger partial charge in [-0.15, -0.1) is 0 Å². The van der Waals surface area contributed by atoms with Crippen LogP contribution in [0.25, 0.3) is 22.4 Å². The fraction of sp³-hybridized carbons (Fsp3) is 0.0714. The van der Waals surface area contributed by atoms with Gasteiger partial charge in [-0.05, 0) is 29.8 Å². The summed E-state index contributed by atoms with van der Waals surface area (Å²) in [5, 5.41) is 0. The lowest BCUT2D eigenvalue weighted by atomic mass is 10.2. The molecule has 94 valence electrons. The first kappa shape index (κ1) is 11.8. The average Bonchev–Trinajstić information content (AvgIpc) is 2.73. The lowest BCUT2D eigenvalue weighted by molar-refractivity contribution is 0.939. The van der Waals surface area contributed by atoms with E-state index >= 15 is 0 Å². The maximum absolute atomic E-state index is 11.6. The summed E-state index contributed by atoms with van der Waals surface area (Å²) in [5.74, 6) is 0. The molecule has 0 aliphatic rings. The second-order valence-electron chi connectivity index (χ2n) is 4.12. The van der Waals surface area contributed by atoms with Crippen LogP contribution in [-0.2, 0) is 7.05 Å². The molecule has 0 amide bonds. The third kappa shape index (κ3) is 2.32. The molecule has 0 radical (unpaired) electrons. The van der Waals surface area contributed by atoms with Gasteiger partial charge in [-0.2, -0.15) is 0 Å². The van der Waals surface area contributed by atoms with Gasteiger partial charge in [-0.3, -0.25) is 4.79 Å². The van der Waals surface area contributed by atoms with Gasteiger partial charge in [-0.1, -0.05) is 23.5 Å². The van der Waals surface area contributed by atoms with Crippen molar-refractivity contribution in [2.75, 3.05) is 0 Å². The van der Waals surface area contributed by atoms with Crippen molar-refractivity contribution in [2.24, 2.45) is 7.05 Å². The van der Waals surface area contributed by atoms with Crippen LogP contribution in [0.2, 0.25) is 0 Å². The molecule has 0 unspecified atom stereocenters. The number of hydrogen-bond acceptors (Lipinski definition) is 4. The molecule has 4 nitrogen and oxygen atoms in total. The van der Waals surface area contributed by atoms with Crippen LogP contribution in [0.15, 0.2) is 41.6 Å². The molecule has 0 saturated carbocycles. The maximum Gasteiger partial charge on any atom is 0.307 e. The molecular weight excluding hydrogens is 258 g/mol. The van der Waals surface area contributed by atoms with Crippen molar-refractivity contribution in [3.63, 3.8) is 0 Å². The summed E-state index contributed by atoms with van der Waals surface area (Å²) in [5.41, 5.74) is 2.87. The summed E-state index contributed by atoms with van der Waals surface area (Å²) in [6, 6.07) is 7.81. The Bertz CT molecular complexity index is 802. The van der Waals surface area contributed by atoms with E-state index in [-0.39, 0.29) is 4.87 Å². The Balaban J connectivity index is 1.98. The summed E-state index contributed by atoms with van der Waals surface area (Å²) in [7, 11) is 1.79. The van der Waals surface area contributed by atoms with Gasteiger partial charge in [0.1, 0.15) is 6.33 Å². The molecule has 0 spiro atoms. The number of aromatic nitrogens is 3. The van der Waals surface area contributed by atoms with Crippen LogP contribution >= 0.6 is 11.3 Å². The molecule has 0 bridgehead atoms. The predicted octanol–water partition coefficient (Wildman–Crippen LogP) is 2.56. The van der Waals surface area contributed by atoms with E-state index in [1.807, 2.05) is 36.4 Å². The minimum Gasteiger partial charge on any atom is -0.302 e. The highest BCUT2D eigenvalue weighted by Crippen LogP contribution is 2.19. The molecule has 3 rings (SSSR count). The molecule has 1 aromatic carbocycles. The topological polar surface area (TPSA) is 47.8 Å². The number of benzene rings is 1. The molecule has 2 heterocycles. The zero-order chi connectivity index (χ0) is 13.2. The summed E-state index contributed by atoms with van der Waals surface area (Å²) < 4.78 is 2.66. The van der Waals surface area contributed by atoms with Crippen molar-refractivity contribution in [2.45, 2.75) is 0 Å². The standard InChI is InChI=1S/C14H11N3OS/c1-17-12-5-3-10(8-13(12)19-14(17)18)2-4-11-6-7-15-9-16-11/h2-9H,1H3. The van der Waals surface area contributed by atoms with Crippen LogP contribution in [-0.4, -0.2) is 14.5 Å². The van der Waals surface area contributed by atoms with E-state index in [2.05, 4.69) is 9.97 Å². The van der Waals surface area contributed by atoms with Gasteiger partial charge < -0.3 is 4.57 Å². The Morgan fingerprint density at radius 3 is 2.95 bits per heavy atom. The molecule has 0 fully saturated rings. The molecular formula is C14H11N3OS. The van der Waals surface area contributed by atoms with E-state index in [9.17, 15) is 4.79 Å². The Morgan fingerprint density at radius 2 is 2.16 bits per heavy atom. The van der Waals surface area contributed by atoms with Crippen LogP contribution in [0.4, 0.5) is 0 Å². The molecule has 5 heteroatoms. The molecule has 3 aromatic rings. The molecule has 0 aliphatic carbocycles. The molecule has 0 saturated heterocycles. The van der Waals surface area contributed by atoms with Gasteiger partial charge in [0.15, 0.2) is 0 Å². The fourth-order valence-corrected chi connectivity index (χ4v) is 2.76. The highest BCUT2D eigenvalue weighted by molar-refractivity contribution is 7.16. The first-order valence-corrected chi connectivity index (χ1v) is 6.59. The number of fused-ring (bicyclic) bond motifs is 1. The van der Waals surface area contributed by atoms with Gasteiger partial charge in [0.2, 0.25) is 0 Å². The van der Waals surface area contributed by atoms with Gasteiger partial charge in [0.05, 0.1) is 15.9 Å². The highest BCUT2D eigenvalue weighted by Gasteiger charge is 2.03. The van der Waals surface area contributed by atoms with Gasteiger partial charge in [-0.25, -0.2) is 9.97 Å². The Hall–Kier alpha value is -2.27. The summed E-state index contributed by atoms with van der Waals surface area (Å²) in [6.07, 6.45) is 7.13. The van der Waals surface area contributed by atoms with E-state index in [0.717, 1.165) is 21.5 Å². The summed E-state index contributed by atoms with van der Waals surface area (Å²) in [4.78, 5) is 19.6. The highest BCUT2D eigenvalue weighted by atomic mass is 32.1. The first-order valence-electron chi connectivity index (χ1n) is 5.78. The minimum absolute atomic E-state index is 0.0620. The van der Waals surface area contributed by atoms with E-state index in [1.54, 1.807) is 17.8 Å². The minimum atomic E-state index is 0.0620. The smallest absolute Gasteiger partial charge is 0.302 e. The molecule has 0 atom stereocenters. The number of aryl methyl sites for hydroxylation is 1. The van der Waals surface area contributed by atoms with Crippen molar-refractivity contribution in [3.05, 3.63) is 57.7 Å². The van der Waals surface area contributed by atoms with Gasteiger partial charge in [0, 0.05) is 13.2 Å². The Kier molecular flexibility index (Phi) is 2.97. The first-order chi connectivity index (χ1) is 9.24.